The molecule has 1 unspecified atom stereocenters. The summed E-state index contributed by atoms with van der Waals surface area (Å²) in [5.74, 6) is 0.886. The Morgan fingerprint density at radius 3 is 2.18 bits per heavy atom. The molecule has 1 aliphatic heterocycles. The van der Waals surface area contributed by atoms with Gasteiger partial charge in [-0.05, 0) is 41.5 Å². The van der Waals surface area contributed by atoms with Crippen molar-refractivity contribution in [3.8, 4) is 5.75 Å². The number of methoxy groups -OCH3 is 1. The molecule has 0 amide bonds. The maximum atomic E-state index is 5.42. The summed E-state index contributed by atoms with van der Waals surface area (Å²) >= 11 is 0. The molecule has 34 heavy (non-hydrogen) atoms. The van der Waals surface area contributed by atoms with Crippen LogP contribution >= 0.6 is 0 Å². The first-order valence-electron chi connectivity index (χ1n) is 11.9. The minimum Gasteiger partial charge on any atom is -0.497 e. The molecule has 0 radical (unpaired) electrons. The second-order valence-electron chi connectivity index (χ2n) is 8.90. The van der Waals surface area contributed by atoms with E-state index in [-0.39, 0.29) is 6.04 Å². The van der Waals surface area contributed by atoms with Gasteiger partial charge in [-0.25, -0.2) is 0 Å². The number of hydrogen-bond donors (Lipinski definition) is 0. The van der Waals surface area contributed by atoms with Crippen molar-refractivity contribution in [2.45, 2.75) is 19.0 Å². The van der Waals surface area contributed by atoms with Crippen LogP contribution in [-0.4, -0.2) is 18.2 Å². The van der Waals surface area contributed by atoms with Crippen LogP contribution in [0.1, 0.15) is 28.4 Å². The first-order valence-corrected chi connectivity index (χ1v) is 11.9. The highest BCUT2D eigenvalue weighted by Crippen LogP contribution is 2.43. The molecule has 2 heterocycles. The highest BCUT2D eigenvalue weighted by molar-refractivity contribution is 5.88. The molecule has 5 aromatic rings. The predicted octanol–water partition coefficient (Wildman–Crippen LogP) is 6.85. The quantitative estimate of drug-likeness (QED) is 0.295. The number of ether oxygens (including phenoxy) is 1. The zero-order valence-corrected chi connectivity index (χ0v) is 19.4. The molecule has 1 aromatic heterocycles. The van der Waals surface area contributed by atoms with Crippen molar-refractivity contribution in [2.75, 3.05) is 18.6 Å². The lowest BCUT2D eigenvalue weighted by atomic mass is 9.89. The van der Waals surface area contributed by atoms with E-state index in [1.54, 1.807) is 7.11 Å². The molecule has 3 heteroatoms. The number of aromatic nitrogens is 1. The third-order valence-electron chi connectivity index (χ3n) is 7.00. The van der Waals surface area contributed by atoms with Crippen LogP contribution in [-0.2, 0) is 13.0 Å². The second-order valence-corrected chi connectivity index (χ2v) is 8.90. The van der Waals surface area contributed by atoms with Crippen molar-refractivity contribution in [3.63, 3.8) is 0 Å². The number of anilines is 1. The van der Waals surface area contributed by atoms with Crippen molar-refractivity contribution in [1.82, 2.24) is 4.57 Å². The standard InChI is InChI=1S/C31H28N2O/c1-34-26-18-16-25(17-19-26)32-21-20-29-30(31(32)24-12-6-3-7-13-24)27-14-8-9-15-28(27)33(29)22-23-10-4-2-5-11-23/h2-19,31H,20-22H2,1H3. The Balaban J connectivity index is 1.55. The molecule has 1 atom stereocenters. The monoisotopic (exact) mass is 444 g/mol. The molecular weight excluding hydrogens is 416 g/mol. The summed E-state index contributed by atoms with van der Waals surface area (Å²) in [7, 11) is 1.72. The minimum atomic E-state index is 0.153. The van der Waals surface area contributed by atoms with E-state index >= 15 is 0 Å². The molecular formula is C31H28N2O. The van der Waals surface area contributed by atoms with Crippen LogP contribution < -0.4 is 9.64 Å². The normalized spacial score (nSPS) is 15.3. The molecule has 0 fully saturated rings. The van der Waals surface area contributed by atoms with Crippen LogP contribution in [0.15, 0.2) is 109 Å². The maximum Gasteiger partial charge on any atom is 0.119 e. The molecule has 1 aliphatic rings. The fraction of sp³-hybridized carbons (Fsp3) is 0.161. The van der Waals surface area contributed by atoms with Crippen LogP contribution in [0.25, 0.3) is 10.9 Å². The Hall–Kier alpha value is -3.98. The number of benzene rings is 4. The van der Waals surface area contributed by atoms with Gasteiger partial charge in [-0.3, -0.25) is 0 Å². The molecule has 4 aromatic carbocycles. The SMILES string of the molecule is COc1ccc(N2CCc3c(c4ccccc4n3Cc3ccccc3)C2c2ccccc2)cc1. The van der Waals surface area contributed by atoms with E-state index in [2.05, 4.69) is 119 Å². The van der Waals surface area contributed by atoms with Crippen molar-refractivity contribution in [1.29, 1.82) is 0 Å². The highest BCUT2D eigenvalue weighted by Gasteiger charge is 2.33. The molecule has 168 valence electrons. The summed E-state index contributed by atoms with van der Waals surface area (Å²) in [6.07, 6.45) is 1.01. The number of para-hydroxylation sites is 1. The Morgan fingerprint density at radius 2 is 1.44 bits per heavy atom. The predicted molar refractivity (Wildman–Crippen MR) is 140 cm³/mol. The lowest BCUT2D eigenvalue weighted by molar-refractivity contribution is 0.414. The average molecular weight is 445 g/mol. The van der Waals surface area contributed by atoms with Gasteiger partial charge in [0.15, 0.2) is 0 Å². The van der Waals surface area contributed by atoms with Crippen molar-refractivity contribution < 1.29 is 4.74 Å². The van der Waals surface area contributed by atoms with E-state index in [1.807, 2.05) is 0 Å². The average Bonchev–Trinajstić information content (AvgIpc) is 3.23. The summed E-state index contributed by atoms with van der Waals surface area (Å²) in [5, 5.41) is 1.35. The van der Waals surface area contributed by atoms with Gasteiger partial charge < -0.3 is 14.2 Å². The third-order valence-corrected chi connectivity index (χ3v) is 7.00. The van der Waals surface area contributed by atoms with Crippen LogP contribution in [0, 0.1) is 0 Å². The fourth-order valence-electron chi connectivity index (χ4n) is 5.45. The molecule has 0 saturated carbocycles. The summed E-state index contributed by atoms with van der Waals surface area (Å²) in [6.45, 7) is 1.85. The molecule has 0 N–H and O–H groups in total. The summed E-state index contributed by atoms with van der Waals surface area (Å²) in [5.41, 5.74) is 8.07. The lowest BCUT2D eigenvalue weighted by Gasteiger charge is -2.39. The molecule has 0 saturated heterocycles. The van der Waals surface area contributed by atoms with E-state index in [1.165, 1.54) is 39.0 Å². The molecule has 6 rings (SSSR count). The third kappa shape index (κ3) is 3.54. The van der Waals surface area contributed by atoms with Crippen molar-refractivity contribution in [3.05, 3.63) is 132 Å². The minimum absolute atomic E-state index is 0.153. The van der Waals surface area contributed by atoms with E-state index in [0.717, 1.165) is 25.3 Å². The molecule has 0 spiro atoms. The van der Waals surface area contributed by atoms with Crippen LogP contribution in [0.3, 0.4) is 0 Å². The highest BCUT2D eigenvalue weighted by atomic mass is 16.5. The second kappa shape index (κ2) is 8.75. The number of hydrogen-bond acceptors (Lipinski definition) is 2. The summed E-state index contributed by atoms with van der Waals surface area (Å²) in [4.78, 5) is 2.55. The van der Waals surface area contributed by atoms with Gasteiger partial charge in [0, 0.05) is 47.4 Å². The Labute approximate surface area is 200 Å². The molecule has 0 aliphatic carbocycles. The lowest BCUT2D eigenvalue weighted by Crippen LogP contribution is -2.36. The van der Waals surface area contributed by atoms with Gasteiger partial charge in [-0.15, -0.1) is 0 Å². The number of fused-ring (bicyclic) bond motifs is 3. The van der Waals surface area contributed by atoms with E-state index in [9.17, 15) is 0 Å². The zero-order chi connectivity index (χ0) is 22.9. The zero-order valence-electron chi connectivity index (χ0n) is 19.4. The summed E-state index contributed by atoms with van der Waals surface area (Å²) in [6, 6.07) is 39.3. The van der Waals surface area contributed by atoms with Gasteiger partial charge in [-0.2, -0.15) is 0 Å². The van der Waals surface area contributed by atoms with E-state index in [4.69, 9.17) is 4.74 Å². The number of nitrogens with zero attached hydrogens (tertiary/aromatic N) is 2. The largest absolute Gasteiger partial charge is 0.497 e. The Morgan fingerprint density at radius 1 is 0.765 bits per heavy atom. The van der Waals surface area contributed by atoms with Gasteiger partial charge in [0.2, 0.25) is 0 Å². The Bertz CT molecular complexity index is 1410. The smallest absolute Gasteiger partial charge is 0.119 e. The van der Waals surface area contributed by atoms with Gasteiger partial charge in [0.1, 0.15) is 5.75 Å². The van der Waals surface area contributed by atoms with Gasteiger partial charge >= 0.3 is 0 Å². The number of rotatable bonds is 5. The molecule has 0 bridgehead atoms. The van der Waals surface area contributed by atoms with Gasteiger partial charge in [0.05, 0.1) is 13.2 Å². The van der Waals surface area contributed by atoms with Crippen molar-refractivity contribution >= 4 is 16.6 Å². The Kier molecular flexibility index (Phi) is 5.31. The fourth-order valence-corrected chi connectivity index (χ4v) is 5.45. The van der Waals surface area contributed by atoms with E-state index < -0.39 is 0 Å². The van der Waals surface area contributed by atoms with Gasteiger partial charge in [0.25, 0.3) is 0 Å². The van der Waals surface area contributed by atoms with Crippen LogP contribution in [0.2, 0.25) is 0 Å². The topological polar surface area (TPSA) is 17.4 Å². The van der Waals surface area contributed by atoms with E-state index in [0.29, 0.717) is 0 Å². The maximum absolute atomic E-state index is 5.42. The van der Waals surface area contributed by atoms with Crippen LogP contribution in [0.5, 0.6) is 5.75 Å². The first kappa shape index (κ1) is 20.6. The first-order chi connectivity index (χ1) is 16.8. The van der Waals surface area contributed by atoms with Crippen molar-refractivity contribution in [2.24, 2.45) is 0 Å². The van der Waals surface area contributed by atoms with Crippen LogP contribution in [0.4, 0.5) is 5.69 Å². The molecule has 3 nitrogen and oxygen atoms in total. The summed E-state index contributed by atoms with van der Waals surface area (Å²) < 4.78 is 7.96. The van der Waals surface area contributed by atoms with Gasteiger partial charge in [-0.1, -0.05) is 78.9 Å².